The molecule has 0 saturated carbocycles. The Morgan fingerprint density at radius 2 is 2.31 bits per heavy atom. The highest BCUT2D eigenvalue weighted by Crippen LogP contribution is 2.36. The highest BCUT2D eigenvalue weighted by atomic mass is 16.3. The van der Waals surface area contributed by atoms with E-state index in [0.717, 1.165) is 43.8 Å². The molecule has 16 heavy (non-hydrogen) atoms. The molecule has 0 bridgehead atoms. The lowest BCUT2D eigenvalue weighted by Gasteiger charge is -2.26. The monoisotopic (exact) mass is 216 g/mol. The zero-order chi connectivity index (χ0) is 11.0. The fourth-order valence-electron chi connectivity index (χ4n) is 2.76. The van der Waals surface area contributed by atoms with Gasteiger partial charge in [-0.05, 0) is 36.5 Å². The summed E-state index contributed by atoms with van der Waals surface area (Å²) < 4.78 is 0. The van der Waals surface area contributed by atoms with Gasteiger partial charge in [-0.25, -0.2) is 0 Å². The average Bonchev–Trinajstić information content (AvgIpc) is 2.82. The smallest absolute Gasteiger partial charge is 0.119 e. The predicted octanol–water partition coefficient (Wildman–Crippen LogP) is 1.81. The van der Waals surface area contributed by atoms with Crippen molar-refractivity contribution in [3.05, 3.63) is 29.3 Å². The van der Waals surface area contributed by atoms with Gasteiger partial charge in [0.2, 0.25) is 0 Å². The van der Waals surface area contributed by atoms with Crippen LogP contribution in [0.4, 0.5) is 0 Å². The van der Waals surface area contributed by atoms with Gasteiger partial charge >= 0.3 is 0 Å². The SMILES string of the molecule is Oc1cccc2c1CCCC2C1=NCCN1. The van der Waals surface area contributed by atoms with Crippen molar-refractivity contribution >= 4 is 5.84 Å². The molecule has 1 unspecified atom stereocenters. The Morgan fingerprint density at radius 1 is 1.38 bits per heavy atom. The lowest BCUT2D eigenvalue weighted by atomic mass is 9.81. The molecule has 0 aromatic heterocycles. The van der Waals surface area contributed by atoms with Crippen molar-refractivity contribution in [3.63, 3.8) is 0 Å². The number of aliphatic imine (C=N–C) groups is 1. The van der Waals surface area contributed by atoms with Crippen molar-refractivity contribution in [2.45, 2.75) is 25.2 Å². The van der Waals surface area contributed by atoms with Crippen LogP contribution >= 0.6 is 0 Å². The molecule has 3 rings (SSSR count). The summed E-state index contributed by atoms with van der Waals surface area (Å²) >= 11 is 0. The topological polar surface area (TPSA) is 44.6 Å². The molecule has 84 valence electrons. The van der Waals surface area contributed by atoms with Crippen LogP contribution in [0.15, 0.2) is 23.2 Å². The molecule has 1 aromatic carbocycles. The van der Waals surface area contributed by atoms with Gasteiger partial charge in [-0.2, -0.15) is 0 Å². The van der Waals surface area contributed by atoms with E-state index in [2.05, 4.69) is 16.4 Å². The number of benzene rings is 1. The molecule has 1 aromatic rings. The van der Waals surface area contributed by atoms with E-state index in [1.807, 2.05) is 6.07 Å². The van der Waals surface area contributed by atoms with Crippen LogP contribution in [0.5, 0.6) is 5.75 Å². The number of rotatable bonds is 1. The van der Waals surface area contributed by atoms with Crippen LogP contribution in [0.25, 0.3) is 0 Å². The molecule has 0 fully saturated rings. The normalized spacial score (nSPS) is 23.5. The maximum absolute atomic E-state index is 9.86. The fraction of sp³-hybridized carbons (Fsp3) is 0.462. The minimum absolute atomic E-state index is 0.373. The largest absolute Gasteiger partial charge is 0.508 e. The molecule has 3 nitrogen and oxygen atoms in total. The van der Waals surface area contributed by atoms with E-state index in [4.69, 9.17) is 0 Å². The number of hydrogen-bond donors (Lipinski definition) is 2. The minimum atomic E-state index is 0.373. The maximum Gasteiger partial charge on any atom is 0.119 e. The quantitative estimate of drug-likeness (QED) is 0.752. The lowest BCUT2D eigenvalue weighted by molar-refractivity contribution is 0.460. The molecule has 0 amide bonds. The zero-order valence-corrected chi connectivity index (χ0v) is 9.24. The zero-order valence-electron chi connectivity index (χ0n) is 9.24. The second-order valence-corrected chi connectivity index (χ2v) is 4.48. The van der Waals surface area contributed by atoms with Crippen molar-refractivity contribution in [2.24, 2.45) is 4.99 Å². The van der Waals surface area contributed by atoms with E-state index in [0.29, 0.717) is 11.7 Å². The van der Waals surface area contributed by atoms with Gasteiger partial charge in [-0.15, -0.1) is 0 Å². The van der Waals surface area contributed by atoms with Gasteiger partial charge in [-0.3, -0.25) is 4.99 Å². The Hall–Kier alpha value is -1.51. The molecule has 0 saturated heterocycles. The molecule has 0 spiro atoms. The third-order valence-corrected chi connectivity index (χ3v) is 3.51. The van der Waals surface area contributed by atoms with Crippen molar-refractivity contribution in [1.82, 2.24) is 5.32 Å². The van der Waals surface area contributed by atoms with Gasteiger partial charge in [0.15, 0.2) is 0 Å². The Bertz CT molecular complexity index is 440. The number of nitrogens with zero attached hydrogens (tertiary/aromatic N) is 1. The number of hydrogen-bond acceptors (Lipinski definition) is 3. The van der Waals surface area contributed by atoms with E-state index in [9.17, 15) is 5.11 Å². The first-order valence-electron chi connectivity index (χ1n) is 5.95. The Balaban J connectivity index is 2.02. The summed E-state index contributed by atoms with van der Waals surface area (Å²) in [5.41, 5.74) is 2.38. The Labute approximate surface area is 95.2 Å². The number of nitrogens with one attached hydrogen (secondary N) is 1. The second kappa shape index (κ2) is 3.81. The summed E-state index contributed by atoms with van der Waals surface area (Å²) in [7, 11) is 0. The maximum atomic E-state index is 9.86. The van der Waals surface area contributed by atoms with E-state index in [1.165, 1.54) is 5.56 Å². The minimum Gasteiger partial charge on any atom is -0.508 e. The molecule has 2 N–H and O–H groups in total. The molecule has 2 aliphatic rings. The number of phenols is 1. The van der Waals surface area contributed by atoms with Gasteiger partial charge in [0.05, 0.1) is 6.54 Å². The summed E-state index contributed by atoms with van der Waals surface area (Å²) in [6, 6.07) is 5.84. The summed E-state index contributed by atoms with van der Waals surface area (Å²) in [4.78, 5) is 4.51. The van der Waals surface area contributed by atoms with Crippen LogP contribution in [0.1, 0.15) is 29.9 Å². The Morgan fingerprint density at radius 3 is 3.12 bits per heavy atom. The highest BCUT2D eigenvalue weighted by Gasteiger charge is 2.27. The molecule has 1 heterocycles. The average molecular weight is 216 g/mol. The lowest BCUT2D eigenvalue weighted by Crippen LogP contribution is -2.28. The van der Waals surface area contributed by atoms with E-state index >= 15 is 0 Å². The first-order valence-corrected chi connectivity index (χ1v) is 5.95. The second-order valence-electron chi connectivity index (χ2n) is 4.48. The van der Waals surface area contributed by atoms with Crippen molar-refractivity contribution < 1.29 is 5.11 Å². The van der Waals surface area contributed by atoms with Crippen LogP contribution in [-0.4, -0.2) is 24.0 Å². The van der Waals surface area contributed by atoms with Crippen molar-refractivity contribution in [2.75, 3.05) is 13.1 Å². The first-order chi connectivity index (χ1) is 7.86. The molecule has 3 heteroatoms. The number of phenolic OH excluding ortho intramolecular Hbond substituents is 1. The molecule has 0 radical (unpaired) electrons. The van der Waals surface area contributed by atoms with Gasteiger partial charge < -0.3 is 10.4 Å². The highest BCUT2D eigenvalue weighted by molar-refractivity contribution is 5.90. The van der Waals surface area contributed by atoms with Gasteiger partial charge in [-0.1, -0.05) is 12.1 Å². The Kier molecular flexibility index (Phi) is 2.31. The van der Waals surface area contributed by atoms with E-state index in [-0.39, 0.29) is 0 Å². The molecule has 1 atom stereocenters. The third kappa shape index (κ3) is 1.47. The van der Waals surface area contributed by atoms with Crippen LogP contribution < -0.4 is 5.32 Å². The number of fused-ring (bicyclic) bond motifs is 1. The third-order valence-electron chi connectivity index (χ3n) is 3.51. The number of aromatic hydroxyl groups is 1. The fourth-order valence-corrected chi connectivity index (χ4v) is 2.76. The van der Waals surface area contributed by atoms with Crippen molar-refractivity contribution in [1.29, 1.82) is 0 Å². The van der Waals surface area contributed by atoms with Crippen molar-refractivity contribution in [3.8, 4) is 5.75 Å². The van der Waals surface area contributed by atoms with E-state index in [1.54, 1.807) is 6.07 Å². The van der Waals surface area contributed by atoms with Gasteiger partial charge in [0.1, 0.15) is 11.6 Å². The predicted molar refractivity (Wildman–Crippen MR) is 64.1 cm³/mol. The molecule has 1 aliphatic carbocycles. The van der Waals surface area contributed by atoms with Crippen LogP contribution in [0.2, 0.25) is 0 Å². The van der Waals surface area contributed by atoms with Gasteiger partial charge in [0, 0.05) is 12.5 Å². The summed E-state index contributed by atoms with van der Waals surface area (Å²) in [6.07, 6.45) is 3.27. The molecular formula is C13H16N2O. The van der Waals surface area contributed by atoms with Crippen LogP contribution in [0, 0.1) is 0 Å². The summed E-state index contributed by atoms with van der Waals surface area (Å²) in [6.45, 7) is 1.85. The van der Waals surface area contributed by atoms with Crippen LogP contribution in [-0.2, 0) is 6.42 Å². The number of amidine groups is 1. The van der Waals surface area contributed by atoms with E-state index < -0.39 is 0 Å². The summed E-state index contributed by atoms with van der Waals surface area (Å²) in [5.74, 6) is 1.94. The van der Waals surface area contributed by atoms with Gasteiger partial charge in [0.25, 0.3) is 0 Å². The first kappa shape index (κ1) is 9.70. The standard InChI is InChI=1S/C13H16N2O/c16-12-6-2-3-9-10(12)4-1-5-11(9)13-14-7-8-15-13/h2-3,6,11,16H,1,4-5,7-8H2,(H,14,15). The molecular weight excluding hydrogens is 200 g/mol. The van der Waals surface area contributed by atoms with Crippen LogP contribution in [0.3, 0.4) is 0 Å². The molecule has 1 aliphatic heterocycles. The summed E-state index contributed by atoms with van der Waals surface area (Å²) in [5, 5.41) is 13.2.